The summed E-state index contributed by atoms with van der Waals surface area (Å²) < 4.78 is 33.6. The zero-order valence-electron chi connectivity index (χ0n) is 33.6. The normalized spacial score (nSPS) is 12.3. The lowest BCUT2D eigenvalue weighted by atomic mass is 9.90. The Balaban J connectivity index is 1.36. The van der Waals surface area contributed by atoms with Crippen molar-refractivity contribution in [3.8, 4) is 34.5 Å². The van der Waals surface area contributed by atoms with Gasteiger partial charge in [0, 0.05) is 0 Å². The Morgan fingerprint density at radius 1 is 0.365 bits per heavy atom. The largest absolute Gasteiger partial charge is 0.493 e. The van der Waals surface area contributed by atoms with Gasteiger partial charge in [0.1, 0.15) is 0 Å². The molecule has 3 rings (SSSR count). The van der Waals surface area contributed by atoms with Gasteiger partial charge in [0.2, 0.25) is 0 Å². The van der Waals surface area contributed by atoms with E-state index in [9.17, 15) is 0 Å². The summed E-state index contributed by atoms with van der Waals surface area (Å²) in [5, 5.41) is 4.19. The molecule has 0 N–H and O–H groups in total. The summed E-state index contributed by atoms with van der Waals surface area (Å²) in [4.78, 5) is 0. The minimum absolute atomic E-state index is 0.341. The summed E-state index contributed by atoms with van der Waals surface area (Å²) in [6, 6.07) is 23.0. The molecule has 3 aromatic carbocycles. The van der Waals surface area contributed by atoms with E-state index >= 15 is 0 Å². The average molecular weight is 767 g/mol. The van der Waals surface area contributed by atoms with Crippen LogP contribution in [0.2, 0.25) is 18.1 Å². The van der Waals surface area contributed by atoms with Crippen LogP contribution in [0, 0.1) is 5.92 Å². The van der Waals surface area contributed by atoms with E-state index < -0.39 is 0 Å². The van der Waals surface area contributed by atoms with Gasteiger partial charge < -0.3 is 28.4 Å². The van der Waals surface area contributed by atoms with Crippen molar-refractivity contribution in [2.45, 2.75) is 114 Å². The molecule has 0 unspecified atom stereocenters. The van der Waals surface area contributed by atoms with Crippen molar-refractivity contribution in [2.24, 2.45) is 5.92 Å². The van der Waals surface area contributed by atoms with Crippen LogP contribution in [-0.2, 0) is 0 Å². The number of methoxy groups -OCH3 is 6. The van der Waals surface area contributed by atoms with Crippen molar-refractivity contribution in [3.63, 3.8) is 0 Å². The Bertz CT molecular complexity index is 1220. The number of unbranched alkanes of at least 4 members (excludes halogenated alkanes) is 9. The molecule has 0 bridgehead atoms. The number of para-hydroxylation sites is 3. The first-order chi connectivity index (χ1) is 25.6. The summed E-state index contributed by atoms with van der Waals surface area (Å²) in [6.45, 7) is 0. The SMILES string of the molecule is COc1cccc([SiH2]CCCCCCC(CCCCCC[SiH2]c2cccc(OC)c2OC)CCCCCC[SiH2]c2cccc(OC)c2OC)c1OC. The molecule has 0 radical (unpaired) electrons. The van der Waals surface area contributed by atoms with Gasteiger partial charge in [-0.15, -0.1) is 0 Å². The Hall–Kier alpha value is -2.89. The lowest BCUT2D eigenvalue weighted by Crippen LogP contribution is -2.17. The fraction of sp³-hybridized carbons (Fsp3) is 0.581. The van der Waals surface area contributed by atoms with Gasteiger partial charge in [0.15, 0.2) is 34.5 Å². The van der Waals surface area contributed by atoms with Crippen molar-refractivity contribution in [2.75, 3.05) is 42.7 Å². The van der Waals surface area contributed by atoms with Gasteiger partial charge in [-0.1, -0.05) is 151 Å². The molecule has 52 heavy (non-hydrogen) atoms. The minimum atomic E-state index is -0.341. The van der Waals surface area contributed by atoms with Gasteiger partial charge >= 0.3 is 0 Å². The fourth-order valence-electron chi connectivity index (χ4n) is 7.72. The van der Waals surface area contributed by atoms with E-state index in [1.807, 2.05) is 18.2 Å². The van der Waals surface area contributed by atoms with Gasteiger partial charge in [-0.2, -0.15) is 0 Å². The number of ether oxygens (including phenoxy) is 6. The molecular formula is C43H70O6Si3. The smallest absolute Gasteiger partial charge is 0.160 e. The predicted molar refractivity (Wildman–Crippen MR) is 230 cm³/mol. The van der Waals surface area contributed by atoms with Crippen molar-refractivity contribution < 1.29 is 28.4 Å². The molecule has 3 aromatic rings. The monoisotopic (exact) mass is 766 g/mol. The van der Waals surface area contributed by atoms with E-state index in [0.717, 1.165) is 40.4 Å². The molecule has 6 nitrogen and oxygen atoms in total. The Morgan fingerprint density at radius 3 is 0.923 bits per heavy atom. The maximum Gasteiger partial charge on any atom is 0.160 e. The van der Waals surface area contributed by atoms with Crippen LogP contribution in [0.4, 0.5) is 0 Å². The molecule has 0 aromatic heterocycles. The molecule has 0 amide bonds. The van der Waals surface area contributed by atoms with Gasteiger partial charge in [-0.05, 0) is 39.7 Å². The molecule has 9 heteroatoms. The van der Waals surface area contributed by atoms with E-state index in [-0.39, 0.29) is 28.6 Å². The highest BCUT2D eigenvalue weighted by atomic mass is 28.2. The molecule has 0 aliphatic carbocycles. The van der Waals surface area contributed by atoms with Crippen molar-refractivity contribution >= 4 is 44.1 Å². The van der Waals surface area contributed by atoms with E-state index in [1.54, 1.807) is 42.7 Å². The highest BCUT2D eigenvalue weighted by Crippen LogP contribution is 2.27. The first-order valence-electron chi connectivity index (χ1n) is 20.2. The molecule has 0 aliphatic heterocycles. The maximum absolute atomic E-state index is 5.67. The Morgan fingerprint density at radius 2 is 0.654 bits per heavy atom. The molecule has 290 valence electrons. The highest BCUT2D eigenvalue weighted by molar-refractivity contribution is 6.55. The number of hydrogen-bond acceptors (Lipinski definition) is 6. The standard InChI is InChI=1S/C43H70O6Si3/c1-44-35-25-19-28-38(41(35)47-4)50-31-16-10-7-13-22-34(23-14-8-11-17-32-51-39-29-20-26-36(45-2)42(39)48-5)24-15-9-12-18-33-52-40-30-21-27-37(46-3)43(40)49-6/h19-21,25-30,34H,7-18,22-24,31-33,50-52H2,1-6H3. The highest BCUT2D eigenvalue weighted by Gasteiger charge is 2.13. The molecular weight excluding hydrogens is 697 g/mol. The minimum Gasteiger partial charge on any atom is -0.493 e. The van der Waals surface area contributed by atoms with Gasteiger partial charge in [0.05, 0.1) is 71.2 Å². The third-order valence-corrected chi connectivity index (χ3v) is 16.5. The van der Waals surface area contributed by atoms with E-state index in [4.69, 9.17) is 28.4 Å². The molecule has 0 aliphatic rings. The molecule has 0 saturated heterocycles. The molecule has 0 atom stereocenters. The summed E-state index contributed by atoms with van der Waals surface area (Å²) in [7, 11) is 9.45. The van der Waals surface area contributed by atoms with Crippen LogP contribution in [0.15, 0.2) is 54.6 Å². The van der Waals surface area contributed by atoms with E-state index in [0.29, 0.717) is 0 Å². The van der Waals surface area contributed by atoms with Crippen molar-refractivity contribution in [1.29, 1.82) is 0 Å². The molecule has 0 saturated carbocycles. The summed E-state index contributed by atoms with van der Waals surface area (Å²) in [5.41, 5.74) is 0. The van der Waals surface area contributed by atoms with E-state index in [2.05, 4.69) is 36.4 Å². The summed E-state index contributed by atoms with van der Waals surface area (Å²) in [5.74, 6) is 6.36. The van der Waals surface area contributed by atoms with Crippen LogP contribution in [0.25, 0.3) is 0 Å². The van der Waals surface area contributed by atoms with Crippen molar-refractivity contribution in [3.05, 3.63) is 54.6 Å². The molecule has 0 spiro atoms. The lowest BCUT2D eigenvalue weighted by Gasteiger charge is -2.17. The van der Waals surface area contributed by atoms with Crippen LogP contribution in [-0.4, -0.2) is 71.2 Å². The quantitative estimate of drug-likeness (QED) is 0.0527. The zero-order chi connectivity index (χ0) is 37.2. The Labute approximate surface area is 323 Å². The van der Waals surface area contributed by atoms with Crippen LogP contribution in [0.5, 0.6) is 34.5 Å². The van der Waals surface area contributed by atoms with Crippen LogP contribution >= 0.6 is 0 Å². The third-order valence-electron chi connectivity index (χ3n) is 10.6. The topological polar surface area (TPSA) is 55.4 Å². The van der Waals surface area contributed by atoms with Crippen LogP contribution in [0.3, 0.4) is 0 Å². The van der Waals surface area contributed by atoms with Gasteiger partial charge in [0.25, 0.3) is 0 Å². The summed E-state index contributed by atoms with van der Waals surface area (Å²) in [6.07, 6.45) is 20.6. The van der Waals surface area contributed by atoms with Crippen LogP contribution in [0.1, 0.15) is 96.3 Å². The number of benzene rings is 3. The van der Waals surface area contributed by atoms with Gasteiger partial charge in [-0.3, -0.25) is 0 Å². The summed E-state index contributed by atoms with van der Waals surface area (Å²) >= 11 is 0. The maximum atomic E-state index is 5.67. The first kappa shape index (κ1) is 43.5. The fourth-order valence-corrected chi connectivity index (χ4v) is 13.2. The van der Waals surface area contributed by atoms with Gasteiger partial charge in [-0.25, -0.2) is 0 Å². The molecule has 0 fully saturated rings. The predicted octanol–water partition coefficient (Wildman–Crippen LogP) is 7.24. The van der Waals surface area contributed by atoms with Crippen molar-refractivity contribution in [1.82, 2.24) is 0 Å². The number of rotatable bonds is 30. The second-order valence-corrected chi connectivity index (χ2v) is 20.2. The van der Waals surface area contributed by atoms with E-state index in [1.165, 1.54) is 130 Å². The second-order valence-electron chi connectivity index (χ2n) is 14.2. The third kappa shape index (κ3) is 15.2. The Kier molecular flexibility index (Phi) is 22.4. The zero-order valence-corrected chi connectivity index (χ0v) is 37.8. The first-order valence-corrected chi connectivity index (χ1v) is 25.3. The lowest BCUT2D eigenvalue weighted by molar-refractivity contribution is 0.357. The molecule has 0 heterocycles. The van der Waals surface area contributed by atoms with Crippen LogP contribution < -0.4 is 44.0 Å². The second kappa shape index (κ2) is 26.8. The average Bonchev–Trinajstić information content (AvgIpc) is 3.18. The number of hydrogen-bond donors (Lipinski definition) is 0.